The molecule has 4 nitrogen and oxygen atoms in total. The Hall–Kier alpha value is -0.910. The van der Waals surface area contributed by atoms with E-state index in [0.29, 0.717) is 6.54 Å². The minimum Gasteiger partial charge on any atom is -0.325 e. The summed E-state index contributed by atoms with van der Waals surface area (Å²) in [6, 6.07) is 7.53. The first-order valence-corrected chi connectivity index (χ1v) is 6.43. The number of carbonyl (C=O) groups excluding carboxylic acids is 1. The average molecular weight is 298 g/mol. The topological polar surface area (TPSA) is 44.4 Å². The summed E-state index contributed by atoms with van der Waals surface area (Å²) in [5.41, 5.74) is 0.823. The minimum atomic E-state index is -0.0947. The second kappa shape index (κ2) is 5.62. The Balaban J connectivity index is 2.01. The Labute approximate surface area is 110 Å². The summed E-state index contributed by atoms with van der Waals surface area (Å²) in [5.74, 6) is 0.0396. The SMILES string of the molecule is CN1CCNCC1C(=O)Nc1cccc(Br)c1. The molecular weight excluding hydrogens is 282 g/mol. The van der Waals surface area contributed by atoms with E-state index in [9.17, 15) is 4.79 Å². The molecule has 1 atom stereocenters. The number of benzene rings is 1. The van der Waals surface area contributed by atoms with E-state index in [2.05, 4.69) is 31.5 Å². The van der Waals surface area contributed by atoms with Crippen LogP contribution >= 0.6 is 15.9 Å². The highest BCUT2D eigenvalue weighted by molar-refractivity contribution is 9.10. The minimum absolute atomic E-state index is 0.0396. The summed E-state index contributed by atoms with van der Waals surface area (Å²) in [7, 11) is 1.98. The van der Waals surface area contributed by atoms with E-state index in [1.807, 2.05) is 31.3 Å². The van der Waals surface area contributed by atoms with Crippen LogP contribution in [0.2, 0.25) is 0 Å². The van der Waals surface area contributed by atoms with Crippen LogP contribution in [0.1, 0.15) is 0 Å². The summed E-state index contributed by atoms with van der Waals surface area (Å²) < 4.78 is 0.963. The molecule has 5 heteroatoms. The van der Waals surface area contributed by atoms with Crippen LogP contribution in [0, 0.1) is 0 Å². The maximum absolute atomic E-state index is 12.1. The highest BCUT2D eigenvalue weighted by Gasteiger charge is 2.25. The highest BCUT2D eigenvalue weighted by atomic mass is 79.9. The van der Waals surface area contributed by atoms with Gasteiger partial charge in [-0.25, -0.2) is 0 Å². The van der Waals surface area contributed by atoms with Gasteiger partial charge in [-0.05, 0) is 25.2 Å². The van der Waals surface area contributed by atoms with Crippen molar-refractivity contribution in [1.29, 1.82) is 0 Å². The van der Waals surface area contributed by atoms with E-state index in [1.54, 1.807) is 0 Å². The Bertz CT molecular complexity index is 410. The van der Waals surface area contributed by atoms with Crippen molar-refractivity contribution in [3.05, 3.63) is 28.7 Å². The molecule has 1 aromatic carbocycles. The fourth-order valence-electron chi connectivity index (χ4n) is 1.89. The zero-order valence-electron chi connectivity index (χ0n) is 9.74. The first kappa shape index (κ1) is 12.5. The van der Waals surface area contributed by atoms with E-state index in [4.69, 9.17) is 0 Å². The summed E-state index contributed by atoms with van der Waals surface area (Å²) in [6.07, 6.45) is 0. The van der Waals surface area contributed by atoms with Crippen molar-refractivity contribution in [3.63, 3.8) is 0 Å². The standard InChI is InChI=1S/C12H16BrN3O/c1-16-6-5-14-8-11(16)12(17)15-10-4-2-3-9(13)7-10/h2-4,7,11,14H,5-6,8H2,1H3,(H,15,17). The number of rotatable bonds is 2. The van der Waals surface area contributed by atoms with Crippen molar-refractivity contribution >= 4 is 27.5 Å². The van der Waals surface area contributed by atoms with E-state index < -0.39 is 0 Å². The molecule has 1 saturated heterocycles. The fraction of sp³-hybridized carbons (Fsp3) is 0.417. The highest BCUT2D eigenvalue weighted by Crippen LogP contribution is 2.16. The monoisotopic (exact) mass is 297 g/mol. The van der Waals surface area contributed by atoms with Crippen molar-refractivity contribution in [2.24, 2.45) is 0 Å². The zero-order chi connectivity index (χ0) is 12.3. The van der Waals surface area contributed by atoms with Crippen molar-refractivity contribution in [3.8, 4) is 0 Å². The van der Waals surface area contributed by atoms with Crippen molar-refractivity contribution < 1.29 is 4.79 Å². The number of carbonyl (C=O) groups is 1. The van der Waals surface area contributed by atoms with Gasteiger partial charge in [0.05, 0.1) is 0 Å². The Kier molecular flexibility index (Phi) is 4.15. The number of nitrogens with zero attached hydrogens (tertiary/aromatic N) is 1. The van der Waals surface area contributed by atoms with Crippen molar-refractivity contribution in [1.82, 2.24) is 10.2 Å². The van der Waals surface area contributed by atoms with Crippen LogP contribution in [0.3, 0.4) is 0 Å². The summed E-state index contributed by atoms with van der Waals surface area (Å²) in [5, 5.41) is 6.16. The van der Waals surface area contributed by atoms with Gasteiger partial charge >= 0.3 is 0 Å². The van der Waals surface area contributed by atoms with Gasteiger partial charge in [0, 0.05) is 29.8 Å². The van der Waals surface area contributed by atoms with E-state index in [-0.39, 0.29) is 11.9 Å². The third-order valence-corrected chi connectivity index (χ3v) is 3.40. The van der Waals surface area contributed by atoms with E-state index >= 15 is 0 Å². The smallest absolute Gasteiger partial charge is 0.243 e. The van der Waals surface area contributed by atoms with Crippen LogP contribution in [-0.4, -0.2) is 43.5 Å². The molecule has 1 fully saturated rings. The van der Waals surface area contributed by atoms with Gasteiger partial charge in [-0.15, -0.1) is 0 Å². The summed E-state index contributed by atoms with van der Waals surface area (Å²) >= 11 is 3.39. The lowest BCUT2D eigenvalue weighted by atomic mass is 10.2. The second-order valence-electron chi connectivity index (χ2n) is 4.20. The number of anilines is 1. The third kappa shape index (κ3) is 3.28. The lowest BCUT2D eigenvalue weighted by Crippen LogP contribution is -2.54. The number of nitrogens with one attached hydrogen (secondary N) is 2. The molecular formula is C12H16BrN3O. The van der Waals surface area contributed by atoms with Crippen molar-refractivity contribution in [2.45, 2.75) is 6.04 Å². The molecule has 0 spiro atoms. The number of halogens is 1. The van der Waals surface area contributed by atoms with E-state index in [0.717, 1.165) is 23.2 Å². The van der Waals surface area contributed by atoms with Gasteiger partial charge in [-0.2, -0.15) is 0 Å². The molecule has 0 saturated carbocycles. The van der Waals surface area contributed by atoms with Gasteiger partial charge < -0.3 is 10.6 Å². The molecule has 0 aliphatic carbocycles. The lowest BCUT2D eigenvalue weighted by Gasteiger charge is -2.31. The van der Waals surface area contributed by atoms with Gasteiger partial charge in [0.25, 0.3) is 0 Å². The third-order valence-electron chi connectivity index (χ3n) is 2.91. The predicted octanol–water partition coefficient (Wildman–Crippen LogP) is 1.29. The molecule has 1 amide bonds. The molecule has 17 heavy (non-hydrogen) atoms. The van der Waals surface area contributed by atoms with Crippen LogP contribution in [-0.2, 0) is 4.79 Å². The largest absolute Gasteiger partial charge is 0.325 e. The van der Waals surface area contributed by atoms with Gasteiger partial charge in [0.2, 0.25) is 5.91 Å². The first-order chi connectivity index (χ1) is 8.16. The van der Waals surface area contributed by atoms with E-state index in [1.165, 1.54) is 0 Å². The number of amides is 1. The summed E-state index contributed by atoms with van der Waals surface area (Å²) in [6.45, 7) is 2.55. The molecule has 2 N–H and O–H groups in total. The number of likely N-dealkylation sites (N-methyl/N-ethyl adjacent to an activating group) is 1. The number of hydrogen-bond donors (Lipinski definition) is 2. The molecule has 1 heterocycles. The molecule has 0 radical (unpaired) electrons. The van der Waals surface area contributed by atoms with Gasteiger partial charge in [0.1, 0.15) is 6.04 Å². The molecule has 1 aromatic rings. The Morgan fingerprint density at radius 2 is 2.41 bits per heavy atom. The van der Waals surface area contributed by atoms with Crippen LogP contribution in [0.4, 0.5) is 5.69 Å². The maximum Gasteiger partial charge on any atom is 0.243 e. The Morgan fingerprint density at radius 1 is 1.59 bits per heavy atom. The molecule has 1 unspecified atom stereocenters. The molecule has 92 valence electrons. The Morgan fingerprint density at radius 3 is 3.12 bits per heavy atom. The molecule has 0 bridgehead atoms. The van der Waals surface area contributed by atoms with Gasteiger partial charge in [-0.1, -0.05) is 22.0 Å². The zero-order valence-corrected chi connectivity index (χ0v) is 11.3. The van der Waals surface area contributed by atoms with Gasteiger partial charge in [0.15, 0.2) is 0 Å². The molecule has 1 aliphatic heterocycles. The molecule has 0 aromatic heterocycles. The first-order valence-electron chi connectivity index (χ1n) is 5.64. The number of hydrogen-bond acceptors (Lipinski definition) is 3. The van der Waals surface area contributed by atoms with Crippen LogP contribution in [0.5, 0.6) is 0 Å². The predicted molar refractivity (Wildman–Crippen MR) is 72.1 cm³/mol. The average Bonchev–Trinajstić information content (AvgIpc) is 2.29. The van der Waals surface area contributed by atoms with Gasteiger partial charge in [-0.3, -0.25) is 9.69 Å². The van der Waals surface area contributed by atoms with Crippen LogP contribution in [0.15, 0.2) is 28.7 Å². The van der Waals surface area contributed by atoms with Crippen LogP contribution in [0.25, 0.3) is 0 Å². The normalized spacial score (nSPS) is 21.2. The number of piperazine rings is 1. The maximum atomic E-state index is 12.1. The lowest BCUT2D eigenvalue weighted by molar-refractivity contribution is -0.121. The summed E-state index contributed by atoms with van der Waals surface area (Å²) in [4.78, 5) is 14.2. The quantitative estimate of drug-likeness (QED) is 0.865. The molecule has 2 rings (SSSR count). The second-order valence-corrected chi connectivity index (χ2v) is 5.12. The van der Waals surface area contributed by atoms with Crippen molar-refractivity contribution in [2.75, 3.05) is 32.0 Å². The molecule has 1 aliphatic rings. The fourth-order valence-corrected chi connectivity index (χ4v) is 2.29. The van der Waals surface area contributed by atoms with Crippen LogP contribution < -0.4 is 10.6 Å².